The van der Waals surface area contributed by atoms with Crippen molar-refractivity contribution >= 4 is 47.4 Å². The molecule has 0 amide bonds. The van der Waals surface area contributed by atoms with E-state index in [1.165, 1.54) is 31.4 Å². The molecule has 2 atom stereocenters. The molecule has 158 valence electrons. The van der Waals surface area contributed by atoms with Gasteiger partial charge in [0, 0.05) is 63.3 Å². The number of guanidine groups is 1. The van der Waals surface area contributed by atoms with E-state index >= 15 is 0 Å². The Labute approximate surface area is 189 Å². The maximum atomic E-state index is 13.1. The molecule has 1 heterocycles. The third kappa shape index (κ3) is 6.95. The number of hydrogen-bond donors (Lipinski definition) is 2. The van der Waals surface area contributed by atoms with Gasteiger partial charge in [-0.15, -0.1) is 24.0 Å². The number of piperazine rings is 1. The minimum atomic E-state index is -0.174. The molecule has 1 aliphatic heterocycles. The molecule has 2 aliphatic rings. The molecule has 1 aliphatic carbocycles. The van der Waals surface area contributed by atoms with Crippen LogP contribution in [0.4, 0.5) is 10.1 Å². The maximum Gasteiger partial charge on any atom is 0.191 e. The van der Waals surface area contributed by atoms with Crippen LogP contribution in [0.25, 0.3) is 0 Å². The van der Waals surface area contributed by atoms with Gasteiger partial charge in [-0.3, -0.25) is 9.89 Å². The molecule has 1 aromatic rings. The highest BCUT2D eigenvalue weighted by Crippen LogP contribution is 2.28. The third-order valence-electron chi connectivity index (χ3n) is 5.57. The van der Waals surface area contributed by atoms with Crippen LogP contribution in [-0.4, -0.2) is 74.7 Å². The lowest BCUT2D eigenvalue weighted by Crippen LogP contribution is -2.50. The first-order valence-corrected chi connectivity index (χ1v) is 11.2. The molecule has 2 N–H and O–H groups in total. The summed E-state index contributed by atoms with van der Waals surface area (Å²) in [5, 5.41) is 7.82. The summed E-state index contributed by atoms with van der Waals surface area (Å²) in [4.78, 5) is 9.17. The Kier molecular flexibility index (Phi) is 10.1. The third-order valence-corrected chi connectivity index (χ3v) is 6.66. The largest absolute Gasteiger partial charge is 0.369 e. The predicted molar refractivity (Wildman–Crippen MR) is 130 cm³/mol. The smallest absolute Gasteiger partial charge is 0.191 e. The molecule has 8 heteroatoms. The molecule has 0 aromatic heterocycles. The second kappa shape index (κ2) is 12.1. The second-order valence-corrected chi connectivity index (χ2v) is 8.45. The van der Waals surface area contributed by atoms with Crippen molar-refractivity contribution in [3.8, 4) is 0 Å². The lowest BCUT2D eigenvalue weighted by molar-refractivity contribution is 0.261. The van der Waals surface area contributed by atoms with Crippen LogP contribution in [0.15, 0.2) is 29.3 Å². The van der Waals surface area contributed by atoms with Gasteiger partial charge in [-0.1, -0.05) is 0 Å². The fraction of sp³-hybridized carbons (Fsp3) is 0.650. The molecule has 2 unspecified atom stereocenters. The summed E-state index contributed by atoms with van der Waals surface area (Å²) in [5.74, 6) is 0.749. The van der Waals surface area contributed by atoms with Crippen LogP contribution in [0.2, 0.25) is 0 Å². The van der Waals surface area contributed by atoms with Crippen LogP contribution < -0.4 is 15.5 Å². The van der Waals surface area contributed by atoms with Gasteiger partial charge in [0.15, 0.2) is 5.96 Å². The first-order chi connectivity index (χ1) is 13.2. The number of hydrogen-bond acceptors (Lipinski definition) is 4. The topological polar surface area (TPSA) is 42.9 Å². The van der Waals surface area contributed by atoms with Gasteiger partial charge in [-0.05, 0) is 49.8 Å². The van der Waals surface area contributed by atoms with Crippen LogP contribution in [0.1, 0.15) is 19.3 Å². The summed E-state index contributed by atoms with van der Waals surface area (Å²) in [6.45, 7) is 5.94. The number of anilines is 1. The quantitative estimate of drug-likeness (QED) is 0.343. The van der Waals surface area contributed by atoms with E-state index in [0.717, 1.165) is 56.2 Å². The minimum absolute atomic E-state index is 0. The molecule has 1 saturated carbocycles. The molecule has 1 aromatic carbocycles. The SMILES string of the molecule is CN=C(NCCN1CCN(c2ccc(F)cc2)CC1)NC1CCC(SC)C1.I. The van der Waals surface area contributed by atoms with Crippen LogP contribution in [-0.2, 0) is 0 Å². The molecule has 5 nitrogen and oxygen atoms in total. The maximum absolute atomic E-state index is 13.1. The summed E-state index contributed by atoms with van der Waals surface area (Å²) in [5.41, 5.74) is 1.11. The van der Waals surface area contributed by atoms with Crippen molar-refractivity contribution in [3.63, 3.8) is 0 Å². The van der Waals surface area contributed by atoms with Gasteiger partial charge in [0.05, 0.1) is 0 Å². The summed E-state index contributed by atoms with van der Waals surface area (Å²) in [7, 11) is 1.85. The molecule has 0 bridgehead atoms. The normalized spacial score (nSPS) is 23.4. The van der Waals surface area contributed by atoms with Gasteiger partial charge in [-0.2, -0.15) is 11.8 Å². The molecule has 0 spiro atoms. The molecule has 0 radical (unpaired) electrons. The molecular weight excluding hydrogens is 488 g/mol. The van der Waals surface area contributed by atoms with E-state index in [-0.39, 0.29) is 29.8 Å². The highest BCUT2D eigenvalue weighted by Gasteiger charge is 2.24. The minimum Gasteiger partial charge on any atom is -0.369 e. The highest BCUT2D eigenvalue weighted by molar-refractivity contribution is 14.0. The van der Waals surface area contributed by atoms with Gasteiger partial charge in [0.1, 0.15) is 5.82 Å². The average Bonchev–Trinajstić information content (AvgIpc) is 3.16. The van der Waals surface area contributed by atoms with Crippen LogP contribution >= 0.6 is 35.7 Å². The van der Waals surface area contributed by atoms with Gasteiger partial charge in [0.25, 0.3) is 0 Å². The van der Waals surface area contributed by atoms with Crippen LogP contribution in [0, 0.1) is 5.82 Å². The first-order valence-electron chi connectivity index (χ1n) is 9.91. The Bertz CT molecular complexity index is 607. The predicted octanol–water partition coefficient (Wildman–Crippen LogP) is 3.01. The van der Waals surface area contributed by atoms with E-state index in [1.54, 1.807) is 0 Å². The van der Waals surface area contributed by atoms with Crippen LogP contribution in [0.3, 0.4) is 0 Å². The zero-order chi connectivity index (χ0) is 19.1. The summed E-state index contributed by atoms with van der Waals surface area (Å²) < 4.78 is 13.1. The Morgan fingerprint density at radius 2 is 1.89 bits per heavy atom. The van der Waals surface area contributed by atoms with E-state index in [0.29, 0.717) is 6.04 Å². The average molecular weight is 521 g/mol. The van der Waals surface area contributed by atoms with E-state index in [2.05, 4.69) is 31.7 Å². The zero-order valence-corrected chi connectivity index (χ0v) is 20.0. The van der Waals surface area contributed by atoms with E-state index in [1.807, 2.05) is 30.9 Å². The fourth-order valence-corrected chi connectivity index (χ4v) is 4.68. The van der Waals surface area contributed by atoms with Crippen molar-refractivity contribution in [2.24, 2.45) is 4.99 Å². The lowest BCUT2D eigenvalue weighted by atomic mass is 10.2. The zero-order valence-electron chi connectivity index (χ0n) is 16.9. The van der Waals surface area contributed by atoms with E-state index < -0.39 is 0 Å². The number of thioether (sulfide) groups is 1. The van der Waals surface area contributed by atoms with Crippen molar-refractivity contribution in [2.45, 2.75) is 30.6 Å². The Morgan fingerprint density at radius 1 is 1.18 bits per heavy atom. The van der Waals surface area contributed by atoms with Crippen LogP contribution in [0.5, 0.6) is 0 Å². The van der Waals surface area contributed by atoms with Gasteiger partial charge < -0.3 is 15.5 Å². The number of nitrogens with zero attached hydrogens (tertiary/aromatic N) is 3. The fourth-order valence-electron chi connectivity index (χ4n) is 3.89. The van der Waals surface area contributed by atoms with Crippen molar-refractivity contribution in [1.29, 1.82) is 0 Å². The molecule has 3 rings (SSSR count). The number of halogens is 2. The number of aliphatic imine (C=N–C) groups is 1. The highest BCUT2D eigenvalue weighted by atomic mass is 127. The lowest BCUT2D eigenvalue weighted by Gasteiger charge is -2.36. The van der Waals surface area contributed by atoms with Crippen molar-refractivity contribution in [3.05, 3.63) is 30.1 Å². The Morgan fingerprint density at radius 3 is 2.50 bits per heavy atom. The number of rotatable bonds is 6. The monoisotopic (exact) mass is 521 g/mol. The summed E-state index contributed by atoms with van der Waals surface area (Å²) in [6, 6.07) is 7.36. The van der Waals surface area contributed by atoms with Crippen molar-refractivity contribution in [1.82, 2.24) is 15.5 Å². The standard InChI is InChI=1S/C20H32FN5S.HI/c1-22-20(24-17-5-8-19(15-17)27-2)23-9-10-25-11-13-26(14-12-25)18-6-3-16(21)4-7-18;/h3-4,6-7,17,19H,5,8-15H2,1-2H3,(H2,22,23,24);1H. The Balaban J connectivity index is 0.00000280. The molecule has 1 saturated heterocycles. The van der Waals surface area contributed by atoms with Crippen molar-refractivity contribution in [2.75, 3.05) is 57.5 Å². The van der Waals surface area contributed by atoms with E-state index in [4.69, 9.17) is 0 Å². The molecule has 28 heavy (non-hydrogen) atoms. The second-order valence-electron chi connectivity index (χ2n) is 7.32. The molecular formula is C20H33FIN5S. The Hall–Kier alpha value is -0.740. The summed E-state index contributed by atoms with van der Waals surface area (Å²) in [6.07, 6.45) is 5.97. The van der Waals surface area contributed by atoms with Gasteiger partial charge >= 0.3 is 0 Å². The summed E-state index contributed by atoms with van der Waals surface area (Å²) >= 11 is 1.98. The number of benzene rings is 1. The first kappa shape index (κ1) is 23.5. The molecule has 2 fully saturated rings. The number of nitrogens with one attached hydrogen (secondary N) is 2. The van der Waals surface area contributed by atoms with E-state index in [9.17, 15) is 4.39 Å². The van der Waals surface area contributed by atoms with Crippen molar-refractivity contribution < 1.29 is 4.39 Å². The van der Waals surface area contributed by atoms with Gasteiger partial charge in [-0.25, -0.2) is 4.39 Å². The van der Waals surface area contributed by atoms with Gasteiger partial charge in [0.2, 0.25) is 0 Å².